The van der Waals surface area contributed by atoms with Crippen LogP contribution in [0.25, 0.3) is 17.4 Å². The minimum absolute atomic E-state index is 0.188. The standard InChI is InChI=1S/C21H15ClN2O2S/c1-13-7-8-14(22)11-17(13)18-10-9-16(26-18)12-19-20(25)24-21(27-19)23-15-5-3-2-4-6-15/h2-12H,1H3,(H,23,24,25)/b19-12-. The highest BCUT2D eigenvalue weighted by atomic mass is 35.5. The van der Waals surface area contributed by atoms with Gasteiger partial charge in [0.1, 0.15) is 11.5 Å². The zero-order chi connectivity index (χ0) is 18.8. The number of furan rings is 1. The average Bonchev–Trinajstić information content (AvgIpc) is 3.25. The van der Waals surface area contributed by atoms with Crippen molar-refractivity contribution in [2.45, 2.75) is 6.92 Å². The van der Waals surface area contributed by atoms with Gasteiger partial charge in [-0.05, 0) is 60.6 Å². The van der Waals surface area contributed by atoms with E-state index < -0.39 is 0 Å². The van der Waals surface area contributed by atoms with Gasteiger partial charge in [-0.25, -0.2) is 4.99 Å². The van der Waals surface area contributed by atoms with E-state index in [1.54, 1.807) is 6.08 Å². The number of hydrogen-bond acceptors (Lipinski definition) is 4. The van der Waals surface area contributed by atoms with Crippen LogP contribution < -0.4 is 5.32 Å². The molecule has 3 aromatic rings. The number of carbonyl (C=O) groups excluding carboxylic acids is 1. The summed E-state index contributed by atoms with van der Waals surface area (Å²) >= 11 is 7.38. The third-order valence-electron chi connectivity index (χ3n) is 4.00. The van der Waals surface area contributed by atoms with Crippen LogP contribution in [0.4, 0.5) is 5.69 Å². The predicted molar refractivity (Wildman–Crippen MR) is 111 cm³/mol. The molecule has 1 aromatic heterocycles. The lowest BCUT2D eigenvalue weighted by Crippen LogP contribution is -2.19. The van der Waals surface area contributed by atoms with E-state index in [1.165, 1.54) is 11.8 Å². The number of benzene rings is 2. The van der Waals surface area contributed by atoms with Gasteiger partial charge in [0, 0.05) is 16.7 Å². The summed E-state index contributed by atoms with van der Waals surface area (Å²) in [6.07, 6.45) is 1.72. The molecule has 1 saturated heterocycles. The van der Waals surface area contributed by atoms with Crippen LogP contribution in [0.15, 0.2) is 75.0 Å². The van der Waals surface area contributed by atoms with Crippen molar-refractivity contribution in [3.8, 4) is 11.3 Å². The van der Waals surface area contributed by atoms with E-state index in [0.717, 1.165) is 16.8 Å². The topological polar surface area (TPSA) is 54.6 Å². The van der Waals surface area contributed by atoms with Crippen LogP contribution in [0.5, 0.6) is 0 Å². The fourth-order valence-corrected chi connectivity index (χ4v) is 3.66. The lowest BCUT2D eigenvalue weighted by atomic mass is 10.1. The number of amides is 1. The Labute approximate surface area is 166 Å². The summed E-state index contributed by atoms with van der Waals surface area (Å²) in [5.41, 5.74) is 2.79. The van der Waals surface area contributed by atoms with Crippen LogP contribution in [-0.4, -0.2) is 11.1 Å². The van der Waals surface area contributed by atoms with Gasteiger partial charge in [-0.1, -0.05) is 35.9 Å². The van der Waals surface area contributed by atoms with E-state index in [-0.39, 0.29) is 5.91 Å². The fourth-order valence-electron chi connectivity index (χ4n) is 2.66. The maximum Gasteiger partial charge on any atom is 0.264 e. The number of halogens is 1. The smallest absolute Gasteiger partial charge is 0.264 e. The molecule has 1 amide bonds. The molecular formula is C21H15ClN2O2S. The van der Waals surface area contributed by atoms with Gasteiger partial charge in [-0.15, -0.1) is 0 Å². The molecule has 1 fully saturated rings. The Morgan fingerprint density at radius 3 is 2.74 bits per heavy atom. The Hall–Kier alpha value is -2.76. The Morgan fingerprint density at radius 1 is 1.11 bits per heavy atom. The first-order valence-corrected chi connectivity index (χ1v) is 9.49. The fraction of sp³-hybridized carbons (Fsp3) is 0.0476. The normalized spacial score (nSPS) is 16.9. The number of rotatable bonds is 3. The van der Waals surface area contributed by atoms with Crippen molar-refractivity contribution in [3.63, 3.8) is 0 Å². The van der Waals surface area contributed by atoms with Crippen LogP contribution in [0.1, 0.15) is 11.3 Å². The van der Waals surface area contributed by atoms with Gasteiger partial charge < -0.3 is 9.73 Å². The highest BCUT2D eigenvalue weighted by molar-refractivity contribution is 8.18. The first-order chi connectivity index (χ1) is 13.1. The van der Waals surface area contributed by atoms with E-state index >= 15 is 0 Å². The van der Waals surface area contributed by atoms with Gasteiger partial charge in [-0.2, -0.15) is 0 Å². The number of carbonyl (C=O) groups is 1. The van der Waals surface area contributed by atoms with Crippen LogP contribution in [-0.2, 0) is 4.79 Å². The molecule has 0 aliphatic carbocycles. The molecule has 4 nitrogen and oxygen atoms in total. The Kier molecular flexibility index (Phi) is 4.88. The Balaban J connectivity index is 1.58. The van der Waals surface area contributed by atoms with Crippen LogP contribution >= 0.6 is 23.4 Å². The average molecular weight is 395 g/mol. The van der Waals surface area contributed by atoms with Crippen LogP contribution in [0.2, 0.25) is 5.02 Å². The molecule has 0 spiro atoms. The molecule has 0 radical (unpaired) electrons. The third-order valence-corrected chi connectivity index (χ3v) is 5.15. The molecule has 4 rings (SSSR count). The quantitative estimate of drug-likeness (QED) is 0.571. The summed E-state index contributed by atoms with van der Waals surface area (Å²) in [4.78, 5) is 17.2. The van der Waals surface area contributed by atoms with Gasteiger partial charge in [0.05, 0.1) is 10.6 Å². The van der Waals surface area contributed by atoms with Gasteiger partial charge in [0.2, 0.25) is 0 Å². The number of nitrogens with zero attached hydrogens (tertiary/aromatic N) is 1. The minimum atomic E-state index is -0.188. The SMILES string of the molecule is Cc1ccc(Cl)cc1-c1ccc(/C=C2\SC(=Nc3ccccc3)NC2=O)o1. The molecule has 1 aliphatic heterocycles. The Bertz CT molecular complexity index is 1070. The second-order valence-corrected chi connectivity index (χ2v) is 7.45. The molecule has 2 heterocycles. The molecule has 6 heteroatoms. The molecule has 0 bridgehead atoms. The monoisotopic (exact) mass is 394 g/mol. The number of hydrogen-bond donors (Lipinski definition) is 1. The maximum atomic E-state index is 12.2. The van der Waals surface area contributed by atoms with Crippen molar-refractivity contribution < 1.29 is 9.21 Å². The lowest BCUT2D eigenvalue weighted by molar-refractivity contribution is -0.115. The molecule has 2 aromatic carbocycles. The van der Waals surface area contributed by atoms with E-state index in [0.29, 0.717) is 26.6 Å². The molecule has 27 heavy (non-hydrogen) atoms. The largest absolute Gasteiger partial charge is 0.457 e. The van der Waals surface area contributed by atoms with Crippen LogP contribution in [0.3, 0.4) is 0 Å². The molecule has 0 unspecified atom stereocenters. The number of aryl methyl sites for hydroxylation is 1. The number of amidine groups is 1. The van der Waals surface area contributed by atoms with Crippen molar-refractivity contribution in [3.05, 3.63) is 81.9 Å². The Morgan fingerprint density at radius 2 is 1.93 bits per heavy atom. The minimum Gasteiger partial charge on any atom is -0.457 e. The first-order valence-electron chi connectivity index (χ1n) is 8.29. The van der Waals surface area contributed by atoms with Gasteiger partial charge in [0.25, 0.3) is 5.91 Å². The van der Waals surface area contributed by atoms with Crippen molar-refractivity contribution in [1.29, 1.82) is 0 Å². The van der Waals surface area contributed by atoms with Crippen molar-refractivity contribution in [2.24, 2.45) is 4.99 Å². The second-order valence-electron chi connectivity index (χ2n) is 5.98. The number of nitrogens with one attached hydrogen (secondary N) is 1. The zero-order valence-electron chi connectivity index (χ0n) is 14.4. The van der Waals surface area contributed by atoms with E-state index in [2.05, 4.69) is 10.3 Å². The molecule has 1 aliphatic rings. The van der Waals surface area contributed by atoms with Gasteiger partial charge in [-0.3, -0.25) is 4.79 Å². The summed E-state index contributed by atoms with van der Waals surface area (Å²) in [5, 5.41) is 3.98. The zero-order valence-corrected chi connectivity index (χ0v) is 16.0. The molecule has 0 saturated carbocycles. The number of para-hydroxylation sites is 1. The number of aliphatic imine (C=N–C) groups is 1. The van der Waals surface area contributed by atoms with Gasteiger partial charge in [0.15, 0.2) is 5.17 Å². The van der Waals surface area contributed by atoms with E-state index in [1.807, 2.05) is 67.6 Å². The highest BCUT2D eigenvalue weighted by Crippen LogP contribution is 2.31. The van der Waals surface area contributed by atoms with Crippen molar-refractivity contribution in [2.75, 3.05) is 0 Å². The molecular weight excluding hydrogens is 380 g/mol. The molecule has 0 atom stereocenters. The van der Waals surface area contributed by atoms with E-state index in [4.69, 9.17) is 16.0 Å². The number of thioether (sulfide) groups is 1. The second kappa shape index (κ2) is 7.47. The molecule has 134 valence electrons. The van der Waals surface area contributed by atoms with Crippen molar-refractivity contribution >= 4 is 46.2 Å². The third kappa shape index (κ3) is 3.99. The summed E-state index contributed by atoms with van der Waals surface area (Å²) < 4.78 is 5.90. The summed E-state index contributed by atoms with van der Waals surface area (Å²) in [7, 11) is 0. The summed E-state index contributed by atoms with van der Waals surface area (Å²) in [6.45, 7) is 2.00. The maximum absolute atomic E-state index is 12.2. The van der Waals surface area contributed by atoms with Crippen LogP contribution in [0, 0.1) is 6.92 Å². The summed E-state index contributed by atoms with van der Waals surface area (Å²) in [6, 6.07) is 18.9. The predicted octanol–water partition coefficient (Wildman–Crippen LogP) is 5.80. The van der Waals surface area contributed by atoms with Crippen molar-refractivity contribution in [1.82, 2.24) is 5.32 Å². The first kappa shape index (κ1) is 17.6. The van der Waals surface area contributed by atoms with Gasteiger partial charge >= 0.3 is 0 Å². The van der Waals surface area contributed by atoms with E-state index in [9.17, 15) is 4.79 Å². The summed E-state index contributed by atoms with van der Waals surface area (Å²) in [5.74, 6) is 1.12. The highest BCUT2D eigenvalue weighted by Gasteiger charge is 2.24. The lowest BCUT2D eigenvalue weighted by Gasteiger charge is -2.02. The molecule has 1 N–H and O–H groups in total.